The van der Waals surface area contributed by atoms with Crippen LogP contribution in [0, 0.1) is 6.92 Å². The topological polar surface area (TPSA) is 50.2 Å². The fraction of sp³-hybridized carbons (Fsp3) is 0.727. The number of aliphatic hydroxyl groups is 2. The molecule has 3 aliphatic rings. The molecular weight excluding hydrogens is 338 g/mol. The molecule has 0 aromatic heterocycles. The number of rotatable bonds is 5. The second-order valence-electron chi connectivity index (χ2n) is 8.88. The van der Waals surface area contributed by atoms with Crippen molar-refractivity contribution >= 4 is 5.69 Å². The summed E-state index contributed by atoms with van der Waals surface area (Å²) in [4.78, 5) is 7.51. The lowest BCUT2D eigenvalue weighted by atomic mass is 9.88. The van der Waals surface area contributed by atoms with Crippen LogP contribution in [0.5, 0.6) is 0 Å². The second-order valence-corrected chi connectivity index (χ2v) is 8.88. The molecule has 2 atom stereocenters. The summed E-state index contributed by atoms with van der Waals surface area (Å²) in [6, 6.07) is 9.57. The van der Waals surface area contributed by atoms with Crippen LogP contribution in [-0.4, -0.2) is 83.6 Å². The Morgan fingerprint density at radius 1 is 1.11 bits per heavy atom. The molecular formula is C22H35N3O2. The molecule has 3 heterocycles. The molecule has 5 nitrogen and oxygen atoms in total. The van der Waals surface area contributed by atoms with Gasteiger partial charge in [0, 0.05) is 57.1 Å². The van der Waals surface area contributed by atoms with Crippen molar-refractivity contribution in [2.75, 3.05) is 50.8 Å². The molecule has 3 fully saturated rings. The highest BCUT2D eigenvalue weighted by Crippen LogP contribution is 2.32. The molecule has 1 aromatic rings. The second kappa shape index (κ2) is 8.08. The van der Waals surface area contributed by atoms with Gasteiger partial charge in [-0.1, -0.05) is 18.2 Å². The Bertz CT molecular complexity index is 630. The standard InChI is InChI=1S/C22H35N3O2/c1-18-5-2-3-7-21(18)23-12-9-22(27,10-13-23)17-25-16-19-6-4-11-24(19)15-20(25)8-14-26/h2-3,5,7,19-20,26-27H,4,6,8-17H2,1H3/t19?,20-/m0/s1. The van der Waals surface area contributed by atoms with Crippen molar-refractivity contribution in [1.82, 2.24) is 9.80 Å². The number of anilines is 1. The number of benzene rings is 1. The van der Waals surface area contributed by atoms with Crippen LogP contribution in [0.2, 0.25) is 0 Å². The summed E-state index contributed by atoms with van der Waals surface area (Å²) < 4.78 is 0. The van der Waals surface area contributed by atoms with E-state index in [-0.39, 0.29) is 6.61 Å². The van der Waals surface area contributed by atoms with E-state index in [4.69, 9.17) is 0 Å². The van der Waals surface area contributed by atoms with Crippen molar-refractivity contribution in [2.24, 2.45) is 0 Å². The molecule has 3 saturated heterocycles. The summed E-state index contributed by atoms with van der Waals surface area (Å²) in [5, 5.41) is 20.9. The van der Waals surface area contributed by atoms with E-state index in [2.05, 4.69) is 45.9 Å². The van der Waals surface area contributed by atoms with Gasteiger partial charge in [0.1, 0.15) is 0 Å². The van der Waals surface area contributed by atoms with E-state index in [1.54, 1.807) is 0 Å². The van der Waals surface area contributed by atoms with Crippen LogP contribution in [0.3, 0.4) is 0 Å². The Labute approximate surface area is 163 Å². The van der Waals surface area contributed by atoms with Crippen molar-refractivity contribution in [3.8, 4) is 0 Å². The van der Waals surface area contributed by atoms with Gasteiger partial charge in [0.25, 0.3) is 0 Å². The molecule has 0 radical (unpaired) electrons. The van der Waals surface area contributed by atoms with Crippen LogP contribution < -0.4 is 4.90 Å². The lowest BCUT2D eigenvalue weighted by Gasteiger charge is -2.48. The zero-order chi connectivity index (χ0) is 18.9. The zero-order valence-electron chi connectivity index (χ0n) is 16.7. The summed E-state index contributed by atoms with van der Waals surface area (Å²) in [5.41, 5.74) is 2.01. The molecule has 27 heavy (non-hydrogen) atoms. The molecule has 3 aliphatic heterocycles. The van der Waals surface area contributed by atoms with E-state index >= 15 is 0 Å². The average molecular weight is 374 g/mol. The van der Waals surface area contributed by atoms with Crippen molar-refractivity contribution in [1.29, 1.82) is 0 Å². The highest BCUT2D eigenvalue weighted by atomic mass is 16.3. The number of piperazine rings is 1. The predicted molar refractivity (Wildman–Crippen MR) is 109 cm³/mol. The largest absolute Gasteiger partial charge is 0.396 e. The van der Waals surface area contributed by atoms with E-state index in [9.17, 15) is 10.2 Å². The molecule has 2 N–H and O–H groups in total. The summed E-state index contributed by atoms with van der Waals surface area (Å²) >= 11 is 0. The first kappa shape index (κ1) is 19.2. The van der Waals surface area contributed by atoms with Crippen LogP contribution in [0.25, 0.3) is 0 Å². The molecule has 1 unspecified atom stereocenters. The first-order valence-corrected chi connectivity index (χ1v) is 10.7. The van der Waals surface area contributed by atoms with Crippen LogP contribution in [0.4, 0.5) is 5.69 Å². The number of piperidine rings is 1. The SMILES string of the molecule is Cc1ccccc1N1CCC(O)(CN2CC3CCCN3C[C@@H]2CCO)CC1. The van der Waals surface area contributed by atoms with Gasteiger partial charge in [-0.15, -0.1) is 0 Å². The molecule has 0 spiro atoms. The summed E-state index contributed by atoms with van der Waals surface area (Å²) in [6.07, 6.45) is 5.02. The Hall–Kier alpha value is -1.14. The van der Waals surface area contributed by atoms with Crippen molar-refractivity contribution in [2.45, 2.75) is 56.7 Å². The van der Waals surface area contributed by atoms with Crippen molar-refractivity contribution in [3.05, 3.63) is 29.8 Å². The normalized spacial score (nSPS) is 29.1. The van der Waals surface area contributed by atoms with Gasteiger partial charge in [-0.3, -0.25) is 9.80 Å². The minimum Gasteiger partial charge on any atom is -0.396 e. The monoisotopic (exact) mass is 373 g/mol. The Morgan fingerprint density at radius 2 is 1.89 bits per heavy atom. The van der Waals surface area contributed by atoms with Crippen LogP contribution >= 0.6 is 0 Å². The van der Waals surface area contributed by atoms with E-state index < -0.39 is 5.60 Å². The third kappa shape index (κ3) is 4.16. The lowest BCUT2D eigenvalue weighted by Crippen LogP contribution is -2.61. The van der Waals surface area contributed by atoms with Gasteiger partial charge in [0.05, 0.1) is 5.60 Å². The van der Waals surface area contributed by atoms with Gasteiger partial charge in [-0.05, 0) is 57.2 Å². The molecule has 4 rings (SSSR count). The van der Waals surface area contributed by atoms with Gasteiger partial charge < -0.3 is 15.1 Å². The summed E-state index contributed by atoms with van der Waals surface area (Å²) in [5.74, 6) is 0. The minimum atomic E-state index is -0.604. The maximum atomic E-state index is 11.3. The van der Waals surface area contributed by atoms with E-state index in [1.807, 2.05) is 0 Å². The minimum absolute atomic E-state index is 0.235. The molecule has 0 aliphatic carbocycles. The van der Waals surface area contributed by atoms with Crippen LogP contribution in [0.15, 0.2) is 24.3 Å². The summed E-state index contributed by atoms with van der Waals surface area (Å²) in [6.45, 7) is 8.28. The molecule has 0 bridgehead atoms. The first-order valence-electron chi connectivity index (χ1n) is 10.7. The first-order chi connectivity index (χ1) is 13.1. The molecule has 0 saturated carbocycles. The van der Waals surface area contributed by atoms with Gasteiger partial charge in [0.15, 0.2) is 0 Å². The number of hydrogen-bond acceptors (Lipinski definition) is 5. The highest BCUT2D eigenvalue weighted by Gasteiger charge is 2.41. The maximum Gasteiger partial charge on any atom is 0.0807 e. The molecule has 0 amide bonds. The highest BCUT2D eigenvalue weighted by molar-refractivity contribution is 5.53. The molecule has 1 aromatic carbocycles. The molecule has 150 valence electrons. The summed E-state index contributed by atoms with van der Waals surface area (Å²) in [7, 11) is 0. The smallest absolute Gasteiger partial charge is 0.0807 e. The number of hydrogen-bond donors (Lipinski definition) is 2. The third-order valence-electron chi connectivity index (χ3n) is 7.02. The van der Waals surface area contributed by atoms with Gasteiger partial charge in [0.2, 0.25) is 0 Å². The number of β-amino-alcohol motifs (C(OH)–C–C–N with tert-alkyl or cyclic N) is 1. The number of nitrogens with zero attached hydrogens (tertiary/aromatic N) is 3. The number of fused-ring (bicyclic) bond motifs is 1. The average Bonchev–Trinajstić information content (AvgIpc) is 3.11. The Balaban J connectivity index is 1.39. The number of aryl methyl sites for hydroxylation is 1. The predicted octanol–water partition coefficient (Wildman–Crippen LogP) is 1.86. The van der Waals surface area contributed by atoms with Crippen LogP contribution in [0.1, 0.15) is 37.7 Å². The van der Waals surface area contributed by atoms with Crippen LogP contribution in [-0.2, 0) is 0 Å². The third-order valence-corrected chi connectivity index (χ3v) is 7.02. The van der Waals surface area contributed by atoms with Gasteiger partial charge >= 0.3 is 0 Å². The van der Waals surface area contributed by atoms with E-state index in [1.165, 1.54) is 30.6 Å². The van der Waals surface area contributed by atoms with Gasteiger partial charge in [-0.25, -0.2) is 0 Å². The lowest BCUT2D eigenvalue weighted by molar-refractivity contribution is -0.0537. The molecule has 5 heteroatoms. The van der Waals surface area contributed by atoms with Gasteiger partial charge in [-0.2, -0.15) is 0 Å². The number of para-hydroxylation sites is 1. The van der Waals surface area contributed by atoms with Crippen molar-refractivity contribution < 1.29 is 10.2 Å². The quantitative estimate of drug-likeness (QED) is 0.825. The zero-order valence-corrected chi connectivity index (χ0v) is 16.7. The Morgan fingerprint density at radius 3 is 2.63 bits per heavy atom. The Kier molecular flexibility index (Phi) is 5.74. The maximum absolute atomic E-state index is 11.3. The van der Waals surface area contributed by atoms with E-state index in [0.717, 1.165) is 52.0 Å². The van der Waals surface area contributed by atoms with E-state index in [0.29, 0.717) is 12.1 Å². The number of aliphatic hydroxyl groups excluding tert-OH is 1. The fourth-order valence-corrected chi connectivity index (χ4v) is 5.38. The fourth-order valence-electron chi connectivity index (χ4n) is 5.38. The van der Waals surface area contributed by atoms with Crippen molar-refractivity contribution in [3.63, 3.8) is 0 Å².